The maximum absolute atomic E-state index is 11.9. The maximum Gasteiger partial charge on any atom is 0.280 e. The highest BCUT2D eigenvalue weighted by atomic mass is 35.5. The second kappa shape index (κ2) is 7.51. The predicted molar refractivity (Wildman–Crippen MR) is 87.1 cm³/mol. The summed E-state index contributed by atoms with van der Waals surface area (Å²) in [5.74, 6) is -0.145. The number of hydrogen-bond acceptors (Lipinski definition) is 5. The van der Waals surface area contributed by atoms with Crippen LogP contribution >= 0.6 is 11.6 Å². The molecule has 23 heavy (non-hydrogen) atoms. The van der Waals surface area contributed by atoms with Crippen LogP contribution in [0, 0.1) is 0 Å². The van der Waals surface area contributed by atoms with Crippen molar-refractivity contribution >= 4 is 23.7 Å². The number of phenols is 2. The first-order chi connectivity index (χ1) is 11.0. The summed E-state index contributed by atoms with van der Waals surface area (Å²) in [7, 11) is 0. The molecule has 2 rings (SSSR count). The molecular weight excluding hydrogens is 320 g/mol. The summed E-state index contributed by atoms with van der Waals surface area (Å²) in [6.45, 7) is 1.58. The van der Waals surface area contributed by atoms with Crippen molar-refractivity contribution in [3.63, 3.8) is 0 Å². The van der Waals surface area contributed by atoms with Crippen molar-refractivity contribution in [2.45, 2.75) is 13.0 Å². The van der Waals surface area contributed by atoms with Gasteiger partial charge < -0.3 is 14.9 Å². The highest BCUT2D eigenvalue weighted by Gasteiger charge is 2.13. The Balaban J connectivity index is 1.90. The first kappa shape index (κ1) is 16.6. The number of benzene rings is 2. The second-order valence-electron chi connectivity index (χ2n) is 4.69. The Hall–Kier alpha value is -2.73. The molecule has 3 N–H and O–H groups in total. The van der Waals surface area contributed by atoms with E-state index in [1.165, 1.54) is 24.4 Å². The molecule has 1 atom stereocenters. The van der Waals surface area contributed by atoms with Gasteiger partial charge in [0.2, 0.25) is 0 Å². The number of rotatable bonds is 5. The highest BCUT2D eigenvalue weighted by Crippen LogP contribution is 2.20. The Labute approximate surface area is 138 Å². The third kappa shape index (κ3) is 4.89. The molecule has 2 aromatic rings. The Morgan fingerprint density at radius 1 is 1.26 bits per heavy atom. The Bertz CT molecular complexity index is 717. The third-order valence-corrected chi connectivity index (χ3v) is 3.14. The average Bonchev–Trinajstić information content (AvgIpc) is 2.51. The van der Waals surface area contributed by atoms with Crippen LogP contribution in [0.15, 0.2) is 47.6 Å². The normalized spacial score (nSPS) is 12.1. The predicted octanol–water partition coefficient (Wildman–Crippen LogP) is 2.67. The van der Waals surface area contributed by atoms with Crippen molar-refractivity contribution in [2.24, 2.45) is 5.10 Å². The molecule has 0 aliphatic heterocycles. The number of hydrazone groups is 1. The number of carbonyl (C=O) groups excluding carboxylic acids is 1. The zero-order valence-electron chi connectivity index (χ0n) is 12.2. The third-order valence-electron chi connectivity index (χ3n) is 2.89. The summed E-state index contributed by atoms with van der Waals surface area (Å²) in [4.78, 5) is 11.9. The van der Waals surface area contributed by atoms with Crippen LogP contribution in [-0.4, -0.2) is 28.4 Å². The molecule has 0 radical (unpaired) electrons. The van der Waals surface area contributed by atoms with Crippen LogP contribution in [-0.2, 0) is 4.79 Å². The van der Waals surface area contributed by atoms with E-state index in [1.54, 1.807) is 31.2 Å². The van der Waals surface area contributed by atoms with Crippen LogP contribution in [0.3, 0.4) is 0 Å². The van der Waals surface area contributed by atoms with E-state index in [-0.39, 0.29) is 11.5 Å². The van der Waals surface area contributed by atoms with Crippen molar-refractivity contribution in [3.8, 4) is 17.2 Å². The van der Waals surface area contributed by atoms with E-state index in [4.69, 9.17) is 16.3 Å². The minimum Gasteiger partial charge on any atom is -0.508 e. The van der Waals surface area contributed by atoms with Gasteiger partial charge in [-0.15, -0.1) is 0 Å². The van der Waals surface area contributed by atoms with Gasteiger partial charge in [-0.3, -0.25) is 4.79 Å². The average molecular weight is 335 g/mol. The molecule has 0 heterocycles. The first-order valence-electron chi connectivity index (χ1n) is 6.73. The quantitative estimate of drug-likeness (QED) is 0.579. The minimum atomic E-state index is -0.762. The topological polar surface area (TPSA) is 91.2 Å². The number of amides is 1. The zero-order chi connectivity index (χ0) is 16.8. The molecule has 2 aromatic carbocycles. The van der Waals surface area contributed by atoms with E-state index < -0.39 is 12.0 Å². The van der Waals surface area contributed by atoms with Crippen LogP contribution in [0.25, 0.3) is 0 Å². The fourth-order valence-electron chi connectivity index (χ4n) is 1.67. The van der Waals surface area contributed by atoms with Gasteiger partial charge >= 0.3 is 0 Å². The maximum atomic E-state index is 11.9. The fourth-order valence-corrected chi connectivity index (χ4v) is 1.79. The molecule has 0 aliphatic carbocycles. The first-order valence-corrected chi connectivity index (χ1v) is 7.10. The number of aromatic hydroxyl groups is 2. The van der Waals surface area contributed by atoms with Crippen LogP contribution in [0.1, 0.15) is 12.5 Å². The van der Waals surface area contributed by atoms with Gasteiger partial charge in [0.05, 0.1) is 6.21 Å². The number of nitrogens with zero attached hydrogens (tertiary/aromatic N) is 1. The van der Waals surface area contributed by atoms with E-state index >= 15 is 0 Å². The molecule has 6 nitrogen and oxygen atoms in total. The Morgan fingerprint density at radius 3 is 2.61 bits per heavy atom. The van der Waals surface area contributed by atoms with Gasteiger partial charge in [-0.05, 0) is 43.3 Å². The highest BCUT2D eigenvalue weighted by molar-refractivity contribution is 6.30. The molecule has 7 heteroatoms. The number of ether oxygens (including phenoxy) is 1. The zero-order valence-corrected chi connectivity index (χ0v) is 13.0. The van der Waals surface area contributed by atoms with E-state index in [0.717, 1.165) is 0 Å². The lowest BCUT2D eigenvalue weighted by Gasteiger charge is -2.12. The van der Waals surface area contributed by atoms with Gasteiger partial charge in [0, 0.05) is 16.7 Å². The number of halogens is 1. The molecule has 0 aromatic heterocycles. The number of phenolic OH excluding ortho intramolecular Hbond substituents is 2. The van der Waals surface area contributed by atoms with E-state index in [9.17, 15) is 15.0 Å². The summed E-state index contributed by atoms with van der Waals surface area (Å²) in [6, 6.07) is 10.7. The van der Waals surface area contributed by atoms with E-state index in [1.807, 2.05) is 0 Å². The van der Waals surface area contributed by atoms with Gasteiger partial charge in [0.15, 0.2) is 6.10 Å². The van der Waals surface area contributed by atoms with Crippen LogP contribution in [0.4, 0.5) is 0 Å². The number of carbonyl (C=O) groups is 1. The lowest BCUT2D eigenvalue weighted by molar-refractivity contribution is -0.127. The summed E-state index contributed by atoms with van der Waals surface area (Å²) >= 11 is 5.77. The molecular formula is C16H15ClN2O4. The fraction of sp³-hybridized carbons (Fsp3) is 0.125. The molecule has 0 spiro atoms. The van der Waals surface area contributed by atoms with Gasteiger partial charge in [0.1, 0.15) is 17.2 Å². The molecule has 0 fully saturated rings. The smallest absolute Gasteiger partial charge is 0.280 e. The van der Waals surface area contributed by atoms with Gasteiger partial charge in [-0.25, -0.2) is 5.43 Å². The van der Waals surface area contributed by atoms with Crippen LogP contribution < -0.4 is 10.2 Å². The van der Waals surface area contributed by atoms with E-state index in [2.05, 4.69) is 10.5 Å². The lowest BCUT2D eigenvalue weighted by Crippen LogP contribution is -2.33. The molecule has 0 aliphatic rings. The Kier molecular flexibility index (Phi) is 5.43. The van der Waals surface area contributed by atoms with Crippen molar-refractivity contribution in [3.05, 3.63) is 53.1 Å². The van der Waals surface area contributed by atoms with Crippen molar-refractivity contribution in [1.29, 1.82) is 0 Å². The van der Waals surface area contributed by atoms with E-state index in [0.29, 0.717) is 16.3 Å². The molecule has 0 bridgehead atoms. The van der Waals surface area contributed by atoms with Crippen molar-refractivity contribution in [2.75, 3.05) is 0 Å². The second-order valence-corrected chi connectivity index (χ2v) is 5.13. The molecule has 120 valence electrons. The number of hydrogen-bond donors (Lipinski definition) is 3. The Morgan fingerprint density at radius 2 is 1.96 bits per heavy atom. The standard InChI is InChI=1S/C16H15ClN2O4/c1-10(23-14-6-3-12(17)4-7-14)16(22)19-18-9-11-2-5-13(20)8-15(11)21/h2-10,20-21H,1H3,(H,19,22)/b18-9+. The summed E-state index contributed by atoms with van der Waals surface area (Å²) in [6.07, 6.45) is 0.503. The van der Waals surface area contributed by atoms with Crippen LogP contribution in [0.5, 0.6) is 17.2 Å². The SMILES string of the molecule is CC(Oc1ccc(Cl)cc1)C(=O)N/N=C/c1ccc(O)cc1O. The molecule has 1 amide bonds. The summed E-state index contributed by atoms with van der Waals surface area (Å²) < 4.78 is 5.45. The van der Waals surface area contributed by atoms with Gasteiger partial charge in [-0.1, -0.05) is 11.6 Å². The minimum absolute atomic E-state index is 0.0614. The molecule has 0 saturated carbocycles. The molecule has 0 saturated heterocycles. The largest absolute Gasteiger partial charge is 0.508 e. The van der Waals surface area contributed by atoms with Gasteiger partial charge in [-0.2, -0.15) is 5.10 Å². The monoisotopic (exact) mass is 334 g/mol. The van der Waals surface area contributed by atoms with Gasteiger partial charge in [0.25, 0.3) is 5.91 Å². The summed E-state index contributed by atoms with van der Waals surface area (Å²) in [5.41, 5.74) is 2.67. The number of nitrogens with one attached hydrogen (secondary N) is 1. The van der Waals surface area contributed by atoms with Crippen molar-refractivity contribution < 1.29 is 19.7 Å². The molecule has 1 unspecified atom stereocenters. The summed E-state index contributed by atoms with van der Waals surface area (Å²) in [5, 5.41) is 23.1. The van der Waals surface area contributed by atoms with Crippen molar-refractivity contribution in [1.82, 2.24) is 5.43 Å². The lowest BCUT2D eigenvalue weighted by atomic mass is 10.2. The van der Waals surface area contributed by atoms with Crippen LogP contribution in [0.2, 0.25) is 5.02 Å².